The van der Waals surface area contributed by atoms with Crippen molar-refractivity contribution in [1.29, 1.82) is 0 Å². The van der Waals surface area contributed by atoms with Gasteiger partial charge >= 0.3 is 6.18 Å². The molecule has 1 aromatic heterocycles. The predicted octanol–water partition coefficient (Wildman–Crippen LogP) is 2.84. The number of hydrogen-bond acceptors (Lipinski definition) is 3. The molecule has 0 spiro atoms. The molecule has 0 fully saturated rings. The van der Waals surface area contributed by atoms with E-state index in [0.717, 1.165) is 17.7 Å². The van der Waals surface area contributed by atoms with Gasteiger partial charge in [0.25, 0.3) is 0 Å². The zero-order valence-corrected chi connectivity index (χ0v) is 13.8. The van der Waals surface area contributed by atoms with E-state index in [1.165, 1.54) is 12.1 Å². The highest BCUT2D eigenvalue weighted by atomic mass is 19.4. The second-order valence-corrected chi connectivity index (χ2v) is 6.54. The lowest BCUT2D eigenvalue weighted by Gasteiger charge is -2.27. The molecule has 1 heterocycles. The predicted molar refractivity (Wildman–Crippen MR) is 87.4 cm³/mol. The van der Waals surface area contributed by atoms with Crippen molar-refractivity contribution in [3.8, 4) is 0 Å². The fraction of sp³-hybridized carbons (Fsp3) is 0.471. The Morgan fingerprint density at radius 1 is 1.25 bits per heavy atom. The minimum atomic E-state index is -4.30. The van der Waals surface area contributed by atoms with Gasteiger partial charge in [0.2, 0.25) is 0 Å². The van der Waals surface area contributed by atoms with Crippen LogP contribution in [-0.4, -0.2) is 27.9 Å². The average Bonchev–Trinajstić information content (AvgIpc) is 2.97. The third-order valence-corrected chi connectivity index (χ3v) is 3.76. The van der Waals surface area contributed by atoms with Gasteiger partial charge in [-0.15, -0.1) is 0 Å². The Morgan fingerprint density at radius 2 is 1.92 bits per heavy atom. The highest BCUT2D eigenvalue weighted by Gasteiger charge is 2.30. The largest absolute Gasteiger partial charge is 0.416 e. The first-order valence-corrected chi connectivity index (χ1v) is 7.81. The lowest BCUT2D eigenvalue weighted by atomic mass is 10.0. The minimum absolute atomic E-state index is 0.0993. The summed E-state index contributed by atoms with van der Waals surface area (Å²) < 4.78 is 39.4. The van der Waals surface area contributed by atoms with Crippen molar-refractivity contribution < 1.29 is 13.2 Å². The van der Waals surface area contributed by atoms with E-state index >= 15 is 0 Å². The molecule has 132 valence electrons. The molecule has 0 saturated carbocycles. The fourth-order valence-corrected chi connectivity index (χ4v) is 2.48. The smallest absolute Gasteiger partial charge is 0.323 e. The Kier molecular flexibility index (Phi) is 5.66. The Balaban J connectivity index is 1.83. The number of benzene rings is 1. The number of hydrogen-bond donors (Lipinski definition) is 2. The molecule has 4 nitrogen and oxygen atoms in total. The van der Waals surface area contributed by atoms with Gasteiger partial charge in [0.1, 0.15) is 0 Å². The standard InChI is InChI=1S/C17H23F3N4/c1-13(10-14-4-6-15(7-5-14)17(18,19)20)22-11-16(2,21)12-24-9-3-8-23-24/h3-9,13,22H,10-12,21H2,1-2H3. The van der Waals surface area contributed by atoms with Crippen molar-refractivity contribution in [3.63, 3.8) is 0 Å². The van der Waals surface area contributed by atoms with E-state index in [-0.39, 0.29) is 6.04 Å². The first kappa shape index (κ1) is 18.5. The van der Waals surface area contributed by atoms with Crippen molar-refractivity contribution in [2.45, 2.75) is 44.6 Å². The zero-order valence-electron chi connectivity index (χ0n) is 13.8. The number of nitrogens with one attached hydrogen (secondary N) is 1. The summed E-state index contributed by atoms with van der Waals surface area (Å²) in [6, 6.07) is 7.22. The Hall–Kier alpha value is -1.86. The van der Waals surface area contributed by atoms with Gasteiger partial charge in [0, 0.05) is 30.5 Å². The molecule has 2 unspecified atom stereocenters. The van der Waals surface area contributed by atoms with Crippen LogP contribution in [0.4, 0.5) is 13.2 Å². The van der Waals surface area contributed by atoms with Crippen LogP contribution in [0.3, 0.4) is 0 Å². The highest BCUT2D eigenvalue weighted by molar-refractivity contribution is 5.25. The molecule has 0 amide bonds. The minimum Gasteiger partial charge on any atom is -0.323 e. The molecule has 7 heteroatoms. The molecule has 0 radical (unpaired) electrons. The summed E-state index contributed by atoms with van der Waals surface area (Å²) in [5.41, 5.74) is 6.03. The van der Waals surface area contributed by atoms with Gasteiger partial charge in [0.05, 0.1) is 12.1 Å². The SMILES string of the molecule is CC(Cc1ccc(C(F)(F)F)cc1)NCC(C)(N)Cn1cccn1. The van der Waals surface area contributed by atoms with Gasteiger partial charge < -0.3 is 11.1 Å². The van der Waals surface area contributed by atoms with E-state index in [9.17, 15) is 13.2 Å². The molecule has 0 aliphatic heterocycles. The lowest BCUT2D eigenvalue weighted by Crippen LogP contribution is -2.51. The van der Waals surface area contributed by atoms with Crippen LogP contribution >= 0.6 is 0 Å². The summed E-state index contributed by atoms with van der Waals surface area (Å²) >= 11 is 0. The maximum Gasteiger partial charge on any atom is 0.416 e. The fourth-order valence-electron chi connectivity index (χ4n) is 2.48. The Labute approximate surface area is 139 Å². The van der Waals surface area contributed by atoms with Crippen LogP contribution in [0.25, 0.3) is 0 Å². The summed E-state index contributed by atoms with van der Waals surface area (Å²) in [4.78, 5) is 0. The van der Waals surface area contributed by atoms with Crippen molar-refractivity contribution in [3.05, 3.63) is 53.9 Å². The number of alkyl halides is 3. The molecule has 0 saturated heterocycles. The molecule has 0 aliphatic carbocycles. The van der Waals surface area contributed by atoms with Crippen LogP contribution in [0.1, 0.15) is 25.0 Å². The molecule has 24 heavy (non-hydrogen) atoms. The van der Waals surface area contributed by atoms with Crippen molar-refractivity contribution in [2.75, 3.05) is 6.54 Å². The monoisotopic (exact) mass is 340 g/mol. The number of nitrogens with zero attached hydrogens (tertiary/aromatic N) is 2. The van der Waals surface area contributed by atoms with Crippen LogP contribution in [0.2, 0.25) is 0 Å². The summed E-state index contributed by atoms with van der Waals surface area (Å²) in [6.07, 6.45) is -0.0975. The molecular weight excluding hydrogens is 317 g/mol. The number of nitrogens with two attached hydrogens (primary N) is 1. The second-order valence-electron chi connectivity index (χ2n) is 6.54. The summed E-state index contributed by atoms with van der Waals surface area (Å²) in [6.45, 7) is 5.09. The van der Waals surface area contributed by atoms with Crippen molar-refractivity contribution >= 4 is 0 Å². The van der Waals surface area contributed by atoms with Gasteiger partial charge in [-0.25, -0.2) is 0 Å². The summed E-state index contributed by atoms with van der Waals surface area (Å²) in [7, 11) is 0. The average molecular weight is 340 g/mol. The van der Waals surface area contributed by atoms with Gasteiger partial charge in [-0.05, 0) is 44.0 Å². The Bertz CT molecular complexity index is 618. The quantitative estimate of drug-likeness (QED) is 0.815. The summed E-state index contributed by atoms with van der Waals surface area (Å²) in [5, 5.41) is 7.48. The first-order valence-electron chi connectivity index (χ1n) is 7.81. The summed E-state index contributed by atoms with van der Waals surface area (Å²) in [5.74, 6) is 0. The maximum atomic E-state index is 12.6. The number of halogens is 3. The maximum absolute atomic E-state index is 12.6. The van der Waals surface area contributed by atoms with E-state index in [0.29, 0.717) is 19.5 Å². The van der Waals surface area contributed by atoms with E-state index in [1.807, 2.05) is 26.1 Å². The van der Waals surface area contributed by atoms with Crippen molar-refractivity contribution in [1.82, 2.24) is 15.1 Å². The molecule has 2 rings (SSSR count). The first-order chi connectivity index (χ1) is 11.2. The van der Waals surface area contributed by atoms with E-state index in [1.54, 1.807) is 10.9 Å². The number of aromatic nitrogens is 2. The highest BCUT2D eigenvalue weighted by Crippen LogP contribution is 2.29. The van der Waals surface area contributed by atoms with E-state index < -0.39 is 17.3 Å². The molecule has 2 atom stereocenters. The van der Waals surface area contributed by atoms with Crippen LogP contribution in [0.15, 0.2) is 42.7 Å². The third kappa shape index (κ3) is 5.65. The lowest BCUT2D eigenvalue weighted by molar-refractivity contribution is -0.137. The molecule has 2 aromatic rings. The van der Waals surface area contributed by atoms with Gasteiger partial charge in [-0.3, -0.25) is 4.68 Å². The van der Waals surface area contributed by atoms with Crippen molar-refractivity contribution in [2.24, 2.45) is 5.73 Å². The van der Waals surface area contributed by atoms with Gasteiger partial charge in [-0.2, -0.15) is 18.3 Å². The van der Waals surface area contributed by atoms with Gasteiger partial charge in [0.15, 0.2) is 0 Å². The molecule has 1 aromatic carbocycles. The topological polar surface area (TPSA) is 55.9 Å². The normalized spacial score (nSPS) is 15.9. The molecule has 0 aliphatic rings. The van der Waals surface area contributed by atoms with E-state index in [4.69, 9.17) is 5.73 Å². The van der Waals surface area contributed by atoms with E-state index in [2.05, 4.69) is 10.4 Å². The zero-order chi connectivity index (χ0) is 17.8. The second kappa shape index (κ2) is 7.36. The molecule has 0 bridgehead atoms. The molecular formula is C17H23F3N4. The Morgan fingerprint density at radius 3 is 2.46 bits per heavy atom. The number of rotatable bonds is 7. The van der Waals surface area contributed by atoms with Crippen LogP contribution < -0.4 is 11.1 Å². The van der Waals surface area contributed by atoms with Crippen LogP contribution in [0, 0.1) is 0 Å². The van der Waals surface area contributed by atoms with Crippen LogP contribution in [0.5, 0.6) is 0 Å². The molecule has 3 N–H and O–H groups in total. The van der Waals surface area contributed by atoms with Crippen LogP contribution in [-0.2, 0) is 19.1 Å². The van der Waals surface area contributed by atoms with Gasteiger partial charge in [-0.1, -0.05) is 12.1 Å². The third-order valence-electron chi connectivity index (χ3n) is 3.76.